The molecule has 3 N–H and O–H groups in total. The Morgan fingerprint density at radius 3 is 3.17 bits per heavy atom. The van der Waals surface area contributed by atoms with E-state index < -0.39 is 12.0 Å². The molecule has 0 spiro atoms. The summed E-state index contributed by atoms with van der Waals surface area (Å²) in [6, 6.07) is 1.24. The van der Waals surface area contributed by atoms with E-state index in [0.717, 1.165) is 0 Å². The van der Waals surface area contributed by atoms with E-state index >= 15 is 0 Å². The van der Waals surface area contributed by atoms with Crippen LogP contribution in [0.3, 0.4) is 0 Å². The first-order chi connectivity index (χ1) is 8.69. The molecule has 7 heteroatoms. The largest absolute Gasteiger partial charge is 0.465 e. The molecule has 0 aliphatic carbocycles. The first-order valence-electron chi connectivity index (χ1n) is 5.24. The van der Waals surface area contributed by atoms with Crippen molar-refractivity contribution in [2.45, 2.75) is 6.04 Å². The van der Waals surface area contributed by atoms with Crippen LogP contribution in [0.25, 0.3) is 5.69 Å². The molecule has 2 rings (SSSR count). The molecular weight excluding hydrogens is 254 g/mol. The van der Waals surface area contributed by atoms with E-state index in [-0.39, 0.29) is 6.61 Å². The lowest BCUT2D eigenvalue weighted by atomic mass is 10.2. The van der Waals surface area contributed by atoms with Crippen LogP contribution in [0.4, 0.5) is 0 Å². The highest BCUT2D eigenvalue weighted by molar-refractivity contribution is 7.12. The van der Waals surface area contributed by atoms with Crippen LogP contribution < -0.4 is 5.73 Å². The molecule has 1 unspecified atom stereocenters. The van der Waals surface area contributed by atoms with Crippen LogP contribution >= 0.6 is 11.3 Å². The van der Waals surface area contributed by atoms with Gasteiger partial charge in [0.15, 0.2) is 0 Å². The second kappa shape index (κ2) is 5.30. The van der Waals surface area contributed by atoms with Gasteiger partial charge in [-0.1, -0.05) is 0 Å². The third-order valence-corrected chi connectivity index (χ3v) is 3.40. The fourth-order valence-corrected chi connectivity index (χ4v) is 2.41. The smallest absolute Gasteiger partial charge is 0.350 e. The molecule has 0 aromatic carbocycles. The van der Waals surface area contributed by atoms with E-state index in [9.17, 15) is 4.79 Å². The first kappa shape index (κ1) is 12.7. The van der Waals surface area contributed by atoms with E-state index in [1.165, 1.54) is 18.4 Å². The zero-order valence-electron chi connectivity index (χ0n) is 9.74. The highest BCUT2D eigenvalue weighted by atomic mass is 32.1. The standard InChI is InChI=1S/C11H13N3O3S/c1-17-11(16)10-8(2-3-18-10)14-6-13-4-9(14)7(12)5-15/h2-4,6-7,15H,5,12H2,1H3. The molecule has 2 heterocycles. The second-order valence-electron chi connectivity index (χ2n) is 3.60. The molecule has 0 saturated carbocycles. The second-order valence-corrected chi connectivity index (χ2v) is 4.52. The SMILES string of the molecule is COC(=O)c1sccc1-n1cncc1C(N)CO. The number of carbonyl (C=O) groups is 1. The molecule has 6 nitrogen and oxygen atoms in total. The monoisotopic (exact) mass is 267 g/mol. The average Bonchev–Trinajstić information content (AvgIpc) is 3.04. The van der Waals surface area contributed by atoms with Crippen molar-refractivity contribution in [2.24, 2.45) is 5.73 Å². The van der Waals surface area contributed by atoms with E-state index in [0.29, 0.717) is 16.3 Å². The summed E-state index contributed by atoms with van der Waals surface area (Å²) in [6.45, 7) is -0.191. The van der Waals surface area contributed by atoms with Crippen LogP contribution in [0.2, 0.25) is 0 Å². The van der Waals surface area contributed by atoms with Crippen LogP contribution in [0.1, 0.15) is 21.4 Å². The number of aromatic nitrogens is 2. The van der Waals surface area contributed by atoms with Gasteiger partial charge in [-0.15, -0.1) is 11.3 Å². The number of aliphatic hydroxyl groups excluding tert-OH is 1. The van der Waals surface area contributed by atoms with E-state index in [4.69, 9.17) is 15.6 Å². The summed E-state index contributed by atoms with van der Waals surface area (Å²) >= 11 is 1.28. The number of ether oxygens (including phenoxy) is 1. The zero-order valence-corrected chi connectivity index (χ0v) is 10.6. The first-order valence-corrected chi connectivity index (χ1v) is 6.11. The number of nitrogens with zero attached hydrogens (tertiary/aromatic N) is 2. The summed E-state index contributed by atoms with van der Waals surface area (Å²) < 4.78 is 6.40. The Morgan fingerprint density at radius 1 is 1.72 bits per heavy atom. The minimum atomic E-state index is -0.544. The van der Waals surface area contributed by atoms with Gasteiger partial charge in [-0.3, -0.25) is 4.57 Å². The number of thiophene rings is 1. The predicted molar refractivity (Wildman–Crippen MR) is 66.8 cm³/mol. The van der Waals surface area contributed by atoms with Gasteiger partial charge in [0.2, 0.25) is 0 Å². The number of nitrogens with two attached hydrogens (primary N) is 1. The van der Waals surface area contributed by atoms with E-state index in [1.807, 2.05) is 0 Å². The van der Waals surface area contributed by atoms with Crippen LogP contribution in [-0.2, 0) is 4.74 Å². The molecule has 0 amide bonds. The maximum absolute atomic E-state index is 11.6. The number of aliphatic hydroxyl groups is 1. The summed E-state index contributed by atoms with van der Waals surface area (Å²) in [6.07, 6.45) is 3.12. The van der Waals surface area contributed by atoms with Crippen molar-refractivity contribution in [1.82, 2.24) is 9.55 Å². The molecule has 0 aliphatic heterocycles. The Kier molecular flexibility index (Phi) is 3.75. The van der Waals surface area contributed by atoms with Crippen molar-refractivity contribution >= 4 is 17.3 Å². The quantitative estimate of drug-likeness (QED) is 0.796. The highest BCUT2D eigenvalue weighted by Crippen LogP contribution is 2.24. The highest BCUT2D eigenvalue weighted by Gasteiger charge is 2.19. The summed E-state index contributed by atoms with van der Waals surface area (Å²) in [5, 5.41) is 10.9. The Labute approximate surface area is 108 Å². The molecule has 2 aromatic rings. The number of methoxy groups -OCH3 is 1. The van der Waals surface area contributed by atoms with Gasteiger partial charge in [-0.25, -0.2) is 9.78 Å². The molecule has 0 bridgehead atoms. The maximum Gasteiger partial charge on any atom is 0.350 e. The van der Waals surface area contributed by atoms with Gasteiger partial charge in [0, 0.05) is 0 Å². The topological polar surface area (TPSA) is 90.4 Å². The summed E-state index contributed by atoms with van der Waals surface area (Å²) in [5.41, 5.74) is 7.08. The average molecular weight is 267 g/mol. The third kappa shape index (κ3) is 2.15. The fraction of sp³-hybridized carbons (Fsp3) is 0.273. The van der Waals surface area contributed by atoms with Gasteiger partial charge in [0.1, 0.15) is 4.88 Å². The number of hydrogen-bond donors (Lipinski definition) is 2. The minimum Gasteiger partial charge on any atom is -0.465 e. The zero-order chi connectivity index (χ0) is 13.1. The van der Waals surface area contributed by atoms with Crippen LogP contribution in [-0.4, -0.2) is 34.3 Å². The number of hydrogen-bond acceptors (Lipinski definition) is 6. The van der Waals surface area contributed by atoms with Crippen LogP contribution in [0, 0.1) is 0 Å². The number of rotatable bonds is 4. The molecule has 96 valence electrons. The molecule has 1 atom stereocenters. The van der Waals surface area contributed by atoms with Crippen molar-refractivity contribution in [2.75, 3.05) is 13.7 Å². The predicted octanol–water partition coefficient (Wildman–Crippen LogP) is 0.712. The summed E-state index contributed by atoms with van der Waals surface area (Å²) in [5.74, 6) is -0.405. The molecule has 0 radical (unpaired) electrons. The van der Waals surface area contributed by atoms with Crippen molar-refractivity contribution in [3.05, 3.63) is 34.5 Å². The normalized spacial score (nSPS) is 12.4. The van der Waals surface area contributed by atoms with Gasteiger partial charge in [0.25, 0.3) is 0 Å². The van der Waals surface area contributed by atoms with Crippen molar-refractivity contribution < 1.29 is 14.6 Å². The minimum absolute atomic E-state index is 0.191. The summed E-state index contributed by atoms with van der Waals surface area (Å²) in [7, 11) is 1.33. The van der Waals surface area contributed by atoms with Gasteiger partial charge in [-0.05, 0) is 11.4 Å². The molecule has 2 aromatic heterocycles. The van der Waals surface area contributed by atoms with Gasteiger partial charge < -0.3 is 15.6 Å². The Morgan fingerprint density at radius 2 is 2.50 bits per heavy atom. The Balaban J connectivity index is 2.47. The molecule has 18 heavy (non-hydrogen) atoms. The lowest BCUT2D eigenvalue weighted by molar-refractivity contribution is 0.0606. The van der Waals surface area contributed by atoms with Gasteiger partial charge >= 0.3 is 5.97 Å². The van der Waals surface area contributed by atoms with E-state index in [2.05, 4.69) is 4.98 Å². The number of imidazole rings is 1. The molecule has 0 saturated heterocycles. The van der Waals surface area contributed by atoms with Gasteiger partial charge in [0.05, 0.1) is 43.7 Å². The van der Waals surface area contributed by atoms with Crippen molar-refractivity contribution in [3.8, 4) is 5.69 Å². The summed E-state index contributed by atoms with van der Waals surface area (Å²) in [4.78, 5) is 16.1. The van der Waals surface area contributed by atoms with Crippen molar-refractivity contribution in [3.63, 3.8) is 0 Å². The van der Waals surface area contributed by atoms with Crippen LogP contribution in [0.5, 0.6) is 0 Å². The number of esters is 1. The molecule has 0 aliphatic rings. The van der Waals surface area contributed by atoms with Gasteiger partial charge in [-0.2, -0.15) is 0 Å². The third-order valence-electron chi connectivity index (χ3n) is 2.52. The Hall–Kier alpha value is -1.70. The Bertz CT molecular complexity index is 549. The van der Waals surface area contributed by atoms with Crippen molar-refractivity contribution in [1.29, 1.82) is 0 Å². The lowest BCUT2D eigenvalue weighted by Crippen LogP contribution is -2.18. The number of carbonyl (C=O) groups excluding carboxylic acids is 1. The van der Waals surface area contributed by atoms with E-state index in [1.54, 1.807) is 28.5 Å². The lowest BCUT2D eigenvalue weighted by Gasteiger charge is -2.12. The maximum atomic E-state index is 11.6. The van der Waals surface area contributed by atoms with Crippen LogP contribution in [0.15, 0.2) is 24.0 Å². The molecular formula is C11H13N3O3S. The molecule has 0 fully saturated rings. The fourth-order valence-electron chi connectivity index (χ4n) is 1.61.